The molecule has 124 valence electrons. The molecule has 1 unspecified atom stereocenters. The van der Waals surface area contributed by atoms with Gasteiger partial charge in [-0.1, -0.05) is 38.5 Å². The number of aryl methyl sites for hydroxylation is 2. The molecular weight excluding hydrogens is 290 g/mol. The van der Waals surface area contributed by atoms with Crippen LogP contribution in [0.15, 0.2) is 30.3 Å². The van der Waals surface area contributed by atoms with Crippen LogP contribution in [0.2, 0.25) is 0 Å². The van der Waals surface area contributed by atoms with E-state index in [1.54, 1.807) is 10.7 Å². The molecule has 0 saturated carbocycles. The largest absolute Gasteiger partial charge is 0.391 e. The van der Waals surface area contributed by atoms with Gasteiger partial charge in [-0.05, 0) is 37.5 Å². The van der Waals surface area contributed by atoms with Gasteiger partial charge in [0.15, 0.2) is 5.69 Å². The van der Waals surface area contributed by atoms with Crippen LogP contribution < -0.4 is 5.32 Å². The molecule has 1 heterocycles. The summed E-state index contributed by atoms with van der Waals surface area (Å²) in [4.78, 5) is 12.2. The number of nitrogens with one attached hydrogen (secondary N) is 1. The van der Waals surface area contributed by atoms with Gasteiger partial charge in [0, 0.05) is 12.2 Å². The smallest absolute Gasteiger partial charge is 0.271 e. The minimum Gasteiger partial charge on any atom is -0.391 e. The van der Waals surface area contributed by atoms with Crippen molar-refractivity contribution in [3.63, 3.8) is 0 Å². The van der Waals surface area contributed by atoms with Gasteiger partial charge in [-0.25, -0.2) is 4.68 Å². The molecule has 0 bridgehead atoms. The number of carbonyl (C=O) groups excluding carboxylic acids is 1. The highest BCUT2D eigenvalue weighted by Gasteiger charge is 2.23. The van der Waals surface area contributed by atoms with E-state index in [4.69, 9.17) is 0 Å². The second-order valence-corrected chi connectivity index (χ2v) is 7.01. The van der Waals surface area contributed by atoms with Crippen molar-refractivity contribution < 1.29 is 9.90 Å². The molecule has 0 saturated heterocycles. The van der Waals surface area contributed by atoms with Gasteiger partial charge in [0.2, 0.25) is 0 Å². The lowest BCUT2D eigenvalue weighted by molar-refractivity contribution is 0.0585. The van der Waals surface area contributed by atoms with E-state index in [9.17, 15) is 9.90 Å². The predicted molar refractivity (Wildman–Crippen MR) is 90.8 cm³/mol. The summed E-state index contributed by atoms with van der Waals surface area (Å²) in [5, 5.41) is 17.1. The second-order valence-electron chi connectivity index (χ2n) is 7.01. The van der Waals surface area contributed by atoms with Crippen LogP contribution in [0.4, 0.5) is 0 Å². The van der Waals surface area contributed by atoms with E-state index >= 15 is 0 Å². The molecule has 0 aliphatic heterocycles. The lowest BCUT2D eigenvalue weighted by Crippen LogP contribution is -2.39. The minimum atomic E-state index is -0.605. The zero-order chi connectivity index (χ0) is 17.2. The Balaban J connectivity index is 2.11. The van der Waals surface area contributed by atoms with Crippen molar-refractivity contribution >= 4 is 5.91 Å². The first-order chi connectivity index (χ1) is 10.7. The summed E-state index contributed by atoms with van der Waals surface area (Å²) < 4.78 is 1.74. The first-order valence-electron chi connectivity index (χ1n) is 7.78. The standard InChI is InChI=1S/C18H25N3O2/c1-12-6-8-14(9-7-12)21-13(2)10-15(20-21)17(23)19-11-16(22)18(3,4)5/h6-10,16,22H,11H2,1-5H3,(H,19,23). The van der Waals surface area contributed by atoms with Crippen LogP contribution in [0.5, 0.6) is 0 Å². The predicted octanol–water partition coefficient (Wildman–Crippen LogP) is 2.63. The van der Waals surface area contributed by atoms with Crippen LogP contribution in [0.3, 0.4) is 0 Å². The maximum Gasteiger partial charge on any atom is 0.271 e. The van der Waals surface area contributed by atoms with Crippen LogP contribution in [0, 0.1) is 19.3 Å². The fraction of sp³-hybridized carbons (Fsp3) is 0.444. The molecule has 0 radical (unpaired) electrons. The lowest BCUT2D eigenvalue weighted by Gasteiger charge is -2.25. The maximum absolute atomic E-state index is 12.2. The zero-order valence-electron chi connectivity index (χ0n) is 14.4. The number of rotatable bonds is 4. The fourth-order valence-electron chi connectivity index (χ4n) is 2.12. The number of nitrogens with zero attached hydrogens (tertiary/aromatic N) is 2. The molecule has 5 nitrogen and oxygen atoms in total. The number of amides is 1. The van der Waals surface area contributed by atoms with Gasteiger partial charge in [0.1, 0.15) is 0 Å². The number of aliphatic hydroxyl groups excluding tert-OH is 1. The third kappa shape index (κ3) is 4.20. The van der Waals surface area contributed by atoms with Crippen molar-refractivity contribution in [1.29, 1.82) is 0 Å². The summed E-state index contributed by atoms with van der Waals surface area (Å²) in [6, 6.07) is 9.71. The van der Waals surface area contributed by atoms with Crippen molar-refractivity contribution in [2.45, 2.75) is 40.7 Å². The van der Waals surface area contributed by atoms with E-state index in [1.807, 2.05) is 58.9 Å². The summed E-state index contributed by atoms with van der Waals surface area (Å²) in [6.45, 7) is 9.94. The van der Waals surface area contributed by atoms with Gasteiger partial charge >= 0.3 is 0 Å². The van der Waals surface area contributed by atoms with E-state index in [0.717, 1.165) is 11.4 Å². The molecule has 2 N–H and O–H groups in total. The minimum absolute atomic E-state index is 0.207. The molecule has 0 fully saturated rings. The van der Waals surface area contributed by atoms with Gasteiger partial charge in [0.25, 0.3) is 5.91 Å². The molecule has 1 atom stereocenters. The van der Waals surface area contributed by atoms with Crippen molar-refractivity contribution in [2.24, 2.45) is 5.41 Å². The number of aromatic nitrogens is 2. The van der Waals surface area contributed by atoms with Crippen LogP contribution in [-0.4, -0.2) is 33.4 Å². The van der Waals surface area contributed by atoms with Crippen molar-refractivity contribution in [3.8, 4) is 5.69 Å². The summed E-state index contributed by atoms with van der Waals surface area (Å²) in [5.74, 6) is -0.276. The molecular formula is C18H25N3O2. The Labute approximate surface area is 137 Å². The first kappa shape index (κ1) is 17.2. The van der Waals surface area contributed by atoms with Crippen LogP contribution >= 0.6 is 0 Å². The van der Waals surface area contributed by atoms with E-state index in [1.165, 1.54) is 5.56 Å². The average Bonchev–Trinajstić information content (AvgIpc) is 2.86. The SMILES string of the molecule is Cc1ccc(-n2nc(C(=O)NCC(O)C(C)(C)C)cc2C)cc1. The van der Waals surface area contributed by atoms with Gasteiger partial charge in [-0.2, -0.15) is 5.10 Å². The molecule has 2 rings (SSSR count). The number of benzene rings is 1. The van der Waals surface area contributed by atoms with Crippen molar-refractivity contribution in [2.75, 3.05) is 6.54 Å². The Morgan fingerprint density at radius 2 is 1.87 bits per heavy atom. The average molecular weight is 315 g/mol. The van der Waals surface area contributed by atoms with Crippen molar-refractivity contribution in [3.05, 3.63) is 47.3 Å². The molecule has 2 aromatic rings. The quantitative estimate of drug-likeness (QED) is 0.911. The highest BCUT2D eigenvalue weighted by molar-refractivity contribution is 5.92. The topological polar surface area (TPSA) is 67.2 Å². The first-order valence-corrected chi connectivity index (χ1v) is 7.78. The summed E-state index contributed by atoms with van der Waals surface area (Å²) in [5.41, 5.74) is 3.05. The monoisotopic (exact) mass is 315 g/mol. The highest BCUT2D eigenvalue weighted by Crippen LogP contribution is 2.18. The molecule has 5 heteroatoms. The fourth-order valence-corrected chi connectivity index (χ4v) is 2.12. The van der Waals surface area contributed by atoms with Gasteiger partial charge in [-0.3, -0.25) is 4.79 Å². The Hall–Kier alpha value is -2.14. The van der Waals surface area contributed by atoms with Gasteiger partial charge < -0.3 is 10.4 Å². The Kier molecular flexibility index (Phi) is 4.90. The van der Waals surface area contributed by atoms with Gasteiger partial charge in [-0.15, -0.1) is 0 Å². The molecule has 0 aliphatic carbocycles. The number of hydrogen-bond donors (Lipinski definition) is 2. The maximum atomic E-state index is 12.2. The Morgan fingerprint density at radius 1 is 1.26 bits per heavy atom. The number of carbonyl (C=O) groups is 1. The molecule has 1 aromatic heterocycles. The Bertz CT molecular complexity index is 681. The third-order valence-electron chi connectivity index (χ3n) is 3.85. The second kappa shape index (κ2) is 6.54. The molecule has 1 aromatic carbocycles. The Morgan fingerprint density at radius 3 is 2.43 bits per heavy atom. The molecule has 1 amide bonds. The van der Waals surface area contributed by atoms with E-state index < -0.39 is 6.10 Å². The van der Waals surface area contributed by atoms with Crippen LogP contribution in [-0.2, 0) is 0 Å². The highest BCUT2D eigenvalue weighted by atomic mass is 16.3. The van der Waals surface area contributed by atoms with Crippen molar-refractivity contribution in [1.82, 2.24) is 15.1 Å². The van der Waals surface area contributed by atoms with E-state index in [0.29, 0.717) is 5.69 Å². The molecule has 0 spiro atoms. The van der Waals surface area contributed by atoms with E-state index in [2.05, 4.69) is 10.4 Å². The number of hydrogen-bond acceptors (Lipinski definition) is 3. The number of aliphatic hydroxyl groups is 1. The van der Waals surface area contributed by atoms with Crippen LogP contribution in [0.1, 0.15) is 42.5 Å². The lowest BCUT2D eigenvalue weighted by atomic mass is 9.89. The third-order valence-corrected chi connectivity index (χ3v) is 3.85. The normalized spacial score (nSPS) is 13.0. The van der Waals surface area contributed by atoms with E-state index in [-0.39, 0.29) is 17.9 Å². The summed E-state index contributed by atoms with van der Waals surface area (Å²) in [6.07, 6.45) is -0.605. The van der Waals surface area contributed by atoms with Crippen LogP contribution in [0.25, 0.3) is 5.69 Å². The molecule has 0 aliphatic rings. The van der Waals surface area contributed by atoms with Gasteiger partial charge in [0.05, 0.1) is 11.8 Å². The summed E-state index contributed by atoms with van der Waals surface area (Å²) >= 11 is 0. The zero-order valence-corrected chi connectivity index (χ0v) is 14.4. The molecule has 23 heavy (non-hydrogen) atoms. The summed E-state index contributed by atoms with van der Waals surface area (Å²) in [7, 11) is 0.